The molecule has 0 aromatic carbocycles. The number of amides is 1. The molecule has 2 aromatic heterocycles. The first-order chi connectivity index (χ1) is 27.8. The number of ether oxygens (including phenoxy) is 2. The molecule has 0 unspecified atom stereocenters. The highest BCUT2D eigenvalue weighted by Gasteiger charge is 2.29. The van der Waals surface area contributed by atoms with E-state index in [1.165, 1.54) is 77.6 Å². The Bertz CT molecular complexity index is 1560. The van der Waals surface area contributed by atoms with Crippen LogP contribution in [0.5, 0.6) is 0 Å². The molecule has 14 nitrogen and oxygen atoms in total. The molecule has 2 aliphatic rings. The predicted octanol–water partition coefficient (Wildman–Crippen LogP) is 9.50. The highest BCUT2D eigenvalue weighted by Crippen LogP contribution is 2.33. The molecule has 2 heterocycles. The van der Waals surface area contributed by atoms with E-state index in [1.807, 2.05) is 55.6 Å². The molecule has 0 N–H and O–H groups in total. The van der Waals surface area contributed by atoms with Crippen LogP contribution in [-0.2, 0) is 19.1 Å². The van der Waals surface area contributed by atoms with E-state index in [4.69, 9.17) is 18.5 Å². The molecule has 2 saturated carbocycles. The topological polar surface area (TPSA) is 171 Å². The van der Waals surface area contributed by atoms with Crippen molar-refractivity contribution in [3.63, 3.8) is 0 Å². The number of aromatic nitrogens is 4. The SMILES string of the molecule is CC(=O)c1noc([C@H](CCCC2CCCCC2)CC(=O)OC(C)(C)C)n1.CN(C)CCCN(C)C(=O)c1noc([C@H](CCCC2CCCCC2)CC(=O)OC(C)(C)C)n1. The second kappa shape index (κ2) is 24.5. The third-order valence-corrected chi connectivity index (χ3v) is 11.0. The average molecular weight is 829 g/mol. The molecule has 4 rings (SSSR count). The van der Waals surface area contributed by atoms with Crippen LogP contribution in [-0.4, -0.2) is 99.1 Å². The third-order valence-electron chi connectivity index (χ3n) is 11.0. The Morgan fingerprint density at radius 2 is 1.07 bits per heavy atom. The van der Waals surface area contributed by atoms with Crippen LogP contribution in [0.2, 0.25) is 0 Å². The van der Waals surface area contributed by atoms with Crippen molar-refractivity contribution in [2.24, 2.45) is 11.8 Å². The van der Waals surface area contributed by atoms with Gasteiger partial charge in [-0.3, -0.25) is 19.2 Å². The van der Waals surface area contributed by atoms with Gasteiger partial charge in [-0.15, -0.1) is 0 Å². The van der Waals surface area contributed by atoms with Gasteiger partial charge in [0.1, 0.15) is 11.2 Å². The number of hydrogen-bond donors (Lipinski definition) is 0. The van der Waals surface area contributed by atoms with Crippen LogP contribution < -0.4 is 0 Å². The Kier molecular flexibility index (Phi) is 20.7. The summed E-state index contributed by atoms with van der Waals surface area (Å²) < 4.78 is 21.7. The Morgan fingerprint density at radius 1 is 0.644 bits per heavy atom. The van der Waals surface area contributed by atoms with Gasteiger partial charge in [-0.05, 0) is 93.3 Å². The minimum Gasteiger partial charge on any atom is -0.460 e. The molecule has 14 heteroatoms. The molecular formula is C45H76N6O8. The highest BCUT2D eigenvalue weighted by atomic mass is 16.6. The zero-order valence-corrected chi connectivity index (χ0v) is 38.1. The molecular weight excluding hydrogens is 753 g/mol. The quantitative estimate of drug-likeness (QED) is 0.0914. The Hall–Kier alpha value is -3.68. The fourth-order valence-electron chi connectivity index (χ4n) is 7.98. The van der Waals surface area contributed by atoms with Gasteiger partial charge < -0.3 is 28.3 Å². The van der Waals surface area contributed by atoms with Crippen molar-refractivity contribution in [3.05, 3.63) is 23.4 Å². The first-order valence-corrected chi connectivity index (χ1v) is 22.3. The number of carbonyl (C=O) groups is 4. The van der Waals surface area contributed by atoms with Gasteiger partial charge in [-0.2, -0.15) is 9.97 Å². The minimum atomic E-state index is -0.547. The number of esters is 2. The van der Waals surface area contributed by atoms with E-state index in [1.54, 1.807) is 11.9 Å². The number of Topliss-reactive ketones (excluding diaryl/α,β-unsaturated/α-hetero) is 1. The first kappa shape index (κ1) is 49.7. The molecule has 0 radical (unpaired) electrons. The van der Waals surface area contributed by atoms with Gasteiger partial charge >= 0.3 is 11.9 Å². The van der Waals surface area contributed by atoms with Gasteiger partial charge in [0, 0.05) is 32.4 Å². The van der Waals surface area contributed by atoms with Gasteiger partial charge in [0.2, 0.25) is 23.4 Å². The van der Waals surface area contributed by atoms with Crippen molar-refractivity contribution in [2.45, 2.75) is 193 Å². The highest BCUT2D eigenvalue weighted by molar-refractivity contribution is 5.90. The monoisotopic (exact) mass is 829 g/mol. The lowest BCUT2D eigenvalue weighted by molar-refractivity contribution is -0.156. The van der Waals surface area contributed by atoms with E-state index in [-0.39, 0.29) is 60.0 Å². The summed E-state index contributed by atoms with van der Waals surface area (Å²) in [6.45, 7) is 14.0. The third kappa shape index (κ3) is 20.0. The predicted molar refractivity (Wildman–Crippen MR) is 226 cm³/mol. The number of ketones is 1. The lowest BCUT2D eigenvalue weighted by Gasteiger charge is -2.23. The summed E-state index contributed by atoms with van der Waals surface area (Å²) in [7, 11) is 5.76. The fourth-order valence-corrected chi connectivity index (χ4v) is 7.98. The van der Waals surface area contributed by atoms with Crippen LogP contribution in [0.15, 0.2) is 9.05 Å². The van der Waals surface area contributed by atoms with Crippen molar-refractivity contribution >= 4 is 23.6 Å². The second-order valence-corrected chi connectivity index (χ2v) is 19.2. The summed E-state index contributed by atoms with van der Waals surface area (Å²) in [5.74, 6) is 0.920. The van der Waals surface area contributed by atoms with Crippen LogP contribution in [0.3, 0.4) is 0 Å². The number of nitrogens with zero attached hydrogens (tertiary/aromatic N) is 6. The van der Waals surface area contributed by atoms with Crippen molar-refractivity contribution < 1.29 is 37.7 Å². The minimum absolute atomic E-state index is 0.0545. The van der Waals surface area contributed by atoms with E-state index in [0.29, 0.717) is 18.3 Å². The summed E-state index contributed by atoms with van der Waals surface area (Å²) in [4.78, 5) is 61.3. The van der Waals surface area contributed by atoms with E-state index in [2.05, 4.69) is 25.2 Å². The largest absolute Gasteiger partial charge is 0.460 e. The van der Waals surface area contributed by atoms with Crippen LogP contribution in [0, 0.1) is 11.8 Å². The average Bonchev–Trinajstić information content (AvgIpc) is 3.85. The van der Waals surface area contributed by atoms with Crippen LogP contribution in [0.4, 0.5) is 0 Å². The molecule has 0 aliphatic heterocycles. The van der Waals surface area contributed by atoms with Crippen LogP contribution in [0.1, 0.15) is 215 Å². The van der Waals surface area contributed by atoms with Crippen molar-refractivity contribution in [1.29, 1.82) is 0 Å². The van der Waals surface area contributed by atoms with Crippen molar-refractivity contribution in [3.8, 4) is 0 Å². The van der Waals surface area contributed by atoms with E-state index in [0.717, 1.165) is 56.9 Å². The Balaban J connectivity index is 0.000000324. The normalized spacial score (nSPS) is 16.5. The molecule has 2 atom stereocenters. The van der Waals surface area contributed by atoms with Gasteiger partial charge in [0.25, 0.3) is 11.7 Å². The standard InChI is InChI=1S/C25H44N4O4.C20H32N2O4/c1-25(2,3)32-21(30)18-20(15-10-14-19-12-8-7-9-13-19)23-26-22(27-33-23)24(31)29(6)17-11-16-28(4)5;1-14(23)18-21-19(26-22-18)16(13-17(24)25-20(2,3)4)12-8-11-15-9-6-5-7-10-15/h19-20H,7-18H2,1-6H3;15-16H,5-13H2,1-4H3/t20-;16-/m11/s1. The van der Waals surface area contributed by atoms with Gasteiger partial charge in [-0.25, -0.2) is 0 Å². The van der Waals surface area contributed by atoms with Gasteiger partial charge in [-0.1, -0.05) is 100 Å². The summed E-state index contributed by atoms with van der Waals surface area (Å²) in [5.41, 5.74) is -1.07. The molecule has 59 heavy (non-hydrogen) atoms. The maximum Gasteiger partial charge on any atom is 0.307 e. The lowest BCUT2D eigenvalue weighted by Crippen LogP contribution is -2.30. The second-order valence-electron chi connectivity index (χ2n) is 19.2. The van der Waals surface area contributed by atoms with E-state index < -0.39 is 11.2 Å². The number of carbonyl (C=O) groups excluding carboxylic acids is 4. The van der Waals surface area contributed by atoms with E-state index >= 15 is 0 Å². The zero-order valence-electron chi connectivity index (χ0n) is 38.1. The molecule has 0 spiro atoms. The van der Waals surface area contributed by atoms with Crippen molar-refractivity contribution in [1.82, 2.24) is 30.1 Å². The zero-order chi connectivity index (χ0) is 43.6. The smallest absolute Gasteiger partial charge is 0.307 e. The molecule has 0 bridgehead atoms. The first-order valence-electron chi connectivity index (χ1n) is 22.3. The Morgan fingerprint density at radius 3 is 1.46 bits per heavy atom. The summed E-state index contributed by atoms with van der Waals surface area (Å²) in [6.07, 6.45) is 20.3. The molecule has 334 valence electrons. The summed E-state index contributed by atoms with van der Waals surface area (Å²) >= 11 is 0. The number of rotatable bonds is 20. The lowest BCUT2D eigenvalue weighted by atomic mass is 9.84. The van der Waals surface area contributed by atoms with Gasteiger partial charge in [0.05, 0.1) is 12.8 Å². The van der Waals surface area contributed by atoms with Gasteiger partial charge in [0.15, 0.2) is 0 Å². The molecule has 0 saturated heterocycles. The number of hydrogen-bond acceptors (Lipinski definition) is 13. The fraction of sp³-hybridized carbons (Fsp3) is 0.822. The molecule has 2 aliphatic carbocycles. The van der Waals surface area contributed by atoms with Crippen LogP contribution >= 0.6 is 0 Å². The molecule has 2 aromatic rings. The summed E-state index contributed by atoms with van der Waals surface area (Å²) in [6, 6.07) is 0. The molecule has 2 fully saturated rings. The van der Waals surface area contributed by atoms with Crippen LogP contribution in [0.25, 0.3) is 0 Å². The van der Waals surface area contributed by atoms with E-state index in [9.17, 15) is 19.2 Å². The molecule has 1 amide bonds. The summed E-state index contributed by atoms with van der Waals surface area (Å²) in [5, 5.41) is 7.67. The maximum atomic E-state index is 12.7. The maximum absolute atomic E-state index is 12.7. The van der Waals surface area contributed by atoms with Crippen molar-refractivity contribution in [2.75, 3.05) is 34.2 Å². The Labute approximate surface area is 353 Å².